The van der Waals surface area contributed by atoms with Gasteiger partial charge in [-0.3, -0.25) is 4.68 Å². The maximum absolute atomic E-state index is 4.80. The highest BCUT2D eigenvalue weighted by molar-refractivity contribution is 5.64. The number of aromatic nitrogens is 4. The average molecular weight is 419 g/mol. The molecular formula is C25H34N6. The number of benzene rings is 1. The first-order valence-corrected chi connectivity index (χ1v) is 11.6. The minimum absolute atomic E-state index is 0.323. The smallest absolute Gasteiger partial charge is 0.227 e. The Labute approximate surface area is 185 Å². The van der Waals surface area contributed by atoms with E-state index in [-0.39, 0.29) is 0 Å². The van der Waals surface area contributed by atoms with Gasteiger partial charge in [-0.05, 0) is 69.0 Å². The Hall–Kier alpha value is -2.73. The molecule has 0 spiro atoms. The maximum atomic E-state index is 4.80. The van der Waals surface area contributed by atoms with Gasteiger partial charge in [-0.2, -0.15) is 5.10 Å². The number of fused-ring (bicyclic) bond motifs is 1. The number of hydrogen-bond acceptors (Lipinski definition) is 5. The van der Waals surface area contributed by atoms with Gasteiger partial charge >= 0.3 is 0 Å². The number of nitrogens with one attached hydrogen (secondary N) is 2. The molecule has 0 saturated carbocycles. The van der Waals surface area contributed by atoms with Crippen molar-refractivity contribution in [2.24, 2.45) is 0 Å². The summed E-state index contributed by atoms with van der Waals surface area (Å²) in [5, 5.41) is 11.6. The van der Waals surface area contributed by atoms with E-state index in [4.69, 9.17) is 4.98 Å². The topological polar surface area (TPSA) is 67.7 Å². The van der Waals surface area contributed by atoms with Gasteiger partial charge in [-0.25, -0.2) is 9.97 Å². The van der Waals surface area contributed by atoms with Crippen LogP contribution in [0.15, 0.2) is 36.8 Å². The molecule has 4 rings (SSSR count). The van der Waals surface area contributed by atoms with Crippen LogP contribution in [0, 0.1) is 6.92 Å². The van der Waals surface area contributed by atoms with E-state index in [0.29, 0.717) is 18.0 Å². The standard InChI is InChI=1S/C25H34N6/c1-5-6-7-8-23-22-10-9-21(13-19(22)11-12-26-23)29-25-27-14-18(4)24(30-25)20-15-28-31(16-20)17(2)3/h9-10,13-17,23,26H,5-8,11-12H2,1-4H3,(H,27,29,30). The van der Waals surface area contributed by atoms with Gasteiger partial charge in [0.05, 0.1) is 11.9 Å². The summed E-state index contributed by atoms with van der Waals surface area (Å²) in [4.78, 5) is 9.32. The van der Waals surface area contributed by atoms with Gasteiger partial charge in [0, 0.05) is 35.7 Å². The Morgan fingerprint density at radius 2 is 2.10 bits per heavy atom. The molecule has 1 atom stereocenters. The second-order valence-electron chi connectivity index (χ2n) is 8.82. The van der Waals surface area contributed by atoms with Crippen molar-refractivity contribution < 1.29 is 0 Å². The van der Waals surface area contributed by atoms with Crippen molar-refractivity contribution in [2.45, 2.75) is 71.9 Å². The molecule has 6 nitrogen and oxygen atoms in total. The monoisotopic (exact) mass is 418 g/mol. The Morgan fingerprint density at radius 1 is 1.23 bits per heavy atom. The second kappa shape index (κ2) is 9.60. The first kappa shape index (κ1) is 21.5. The zero-order valence-electron chi connectivity index (χ0n) is 19.2. The van der Waals surface area contributed by atoms with Gasteiger partial charge in [0.25, 0.3) is 0 Å². The van der Waals surface area contributed by atoms with Crippen LogP contribution in [-0.2, 0) is 6.42 Å². The van der Waals surface area contributed by atoms with E-state index >= 15 is 0 Å². The molecule has 1 unspecified atom stereocenters. The minimum Gasteiger partial charge on any atom is -0.324 e. The van der Waals surface area contributed by atoms with Crippen molar-refractivity contribution in [1.29, 1.82) is 0 Å². The Kier molecular flexibility index (Phi) is 6.66. The van der Waals surface area contributed by atoms with Crippen LogP contribution in [0.1, 0.15) is 75.2 Å². The van der Waals surface area contributed by atoms with Gasteiger partial charge < -0.3 is 10.6 Å². The SMILES string of the molecule is CCCCCC1NCCc2cc(Nc3ncc(C)c(-c4cnn(C(C)C)c4)n3)ccc21. The van der Waals surface area contributed by atoms with E-state index in [1.54, 1.807) is 0 Å². The van der Waals surface area contributed by atoms with Crippen molar-refractivity contribution in [3.8, 4) is 11.3 Å². The lowest BCUT2D eigenvalue weighted by Crippen LogP contribution is -2.29. The van der Waals surface area contributed by atoms with E-state index < -0.39 is 0 Å². The Morgan fingerprint density at radius 3 is 2.87 bits per heavy atom. The first-order valence-electron chi connectivity index (χ1n) is 11.6. The third-order valence-electron chi connectivity index (χ3n) is 6.03. The maximum Gasteiger partial charge on any atom is 0.227 e. The van der Waals surface area contributed by atoms with E-state index in [0.717, 1.165) is 35.5 Å². The third kappa shape index (κ3) is 4.96. The highest BCUT2D eigenvalue weighted by Gasteiger charge is 2.19. The summed E-state index contributed by atoms with van der Waals surface area (Å²) in [5.74, 6) is 0.617. The molecule has 1 aliphatic heterocycles. The molecule has 164 valence electrons. The summed E-state index contributed by atoms with van der Waals surface area (Å²) < 4.78 is 1.96. The Balaban J connectivity index is 1.53. The number of rotatable bonds is 8. The molecule has 0 amide bonds. The zero-order valence-corrected chi connectivity index (χ0v) is 19.2. The van der Waals surface area contributed by atoms with Crippen LogP contribution in [0.3, 0.4) is 0 Å². The zero-order chi connectivity index (χ0) is 21.8. The summed E-state index contributed by atoms with van der Waals surface area (Å²) >= 11 is 0. The number of unbranched alkanes of at least 4 members (excludes halogenated alkanes) is 2. The predicted octanol–water partition coefficient (Wildman–Crippen LogP) is 5.74. The number of anilines is 2. The molecule has 2 N–H and O–H groups in total. The average Bonchev–Trinajstić information content (AvgIpc) is 3.26. The molecule has 0 fully saturated rings. The molecular weight excluding hydrogens is 384 g/mol. The van der Waals surface area contributed by atoms with Crippen LogP contribution in [0.2, 0.25) is 0 Å². The van der Waals surface area contributed by atoms with E-state index in [9.17, 15) is 0 Å². The van der Waals surface area contributed by atoms with Crippen LogP contribution >= 0.6 is 0 Å². The Bertz CT molecular complexity index is 1020. The first-order chi connectivity index (χ1) is 15.0. The summed E-state index contributed by atoms with van der Waals surface area (Å²) in [6.07, 6.45) is 11.9. The number of hydrogen-bond donors (Lipinski definition) is 2. The fourth-order valence-corrected chi connectivity index (χ4v) is 4.25. The van der Waals surface area contributed by atoms with Crippen LogP contribution in [0.25, 0.3) is 11.3 Å². The molecule has 0 aliphatic carbocycles. The lowest BCUT2D eigenvalue weighted by atomic mass is 9.90. The molecule has 0 radical (unpaired) electrons. The fraction of sp³-hybridized carbons (Fsp3) is 0.480. The van der Waals surface area contributed by atoms with Crippen molar-refractivity contribution in [3.05, 3.63) is 53.5 Å². The molecule has 0 saturated heterocycles. The lowest BCUT2D eigenvalue weighted by Gasteiger charge is -2.27. The summed E-state index contributed by atoms with van der Waals surface area (Å²) in [5.41, 5.74) is 6.89. The highest BCUT2D eigenvalue weighted by atomic mass is 15.3. The van der Waals surface area contributed by atoms with Crippen LogP contribution in [-0.4, -0.2) is 26.3 Å². The summed E-state index contributed by atoms with van der Waals surface area (Å²) in [7, 11) is 0. The van der Waals surface area contributed by atoms with Crippen molar-refractivity contribution in [2.75, 3.05) is 11.9 Å². The summed E-state index contributed by atoms with van der Waals surface area (Å²) in [6.45, 7) is 9.58. The van der Waals surface area contributed by atoms with Gasteiger partial charge in [0.1, 0.15) is 0 Å². The number of nitrogens with zero attached hydrogens (tertiary/aromatic N) is 4. The molecule has 0 bridgehead atoms. The minimum atomic E-state index is 0.323. The number of aryl methyl sites for hydroxylation is 1. The predicted molar refractivity (Wildman–Crippen MR) is 127 cm³/mol. The van der Waals surface area contributed by atoms with Crippen molar-refractivity contribution in [1.82, 2.24) is 25.1 Å². The normalized spacial score (nSPS) is 15.8. The van der Waals surface area contributed by atoms with Crippen molar-refractivity contribution >= 4 is 11.6 Å². The van der Waals surface area contributed by atoms with Gasteiger partial charge in [-0.15, -0.1) is 0 Å². The van der Waals surface area contributed by atoms with Crippen LogP contribution in [0.4, 0.5) is 11.6 Å². The van der Waals surface area contributed by atoms with Gasteiger partial charge in [-0.1, -0.05) is 32.3 Å². The third-order valence-corrected chi connectivity index (χ3v) is 6.03. The van der Waals surface area contributed by atoms with Crippen LogP contribution in [0.5, 0.6) is 0 Å². The molecule has 31 heavy (non-hydrogen) atoms. The van der Waals surface area contributed by atoms with E-state index in [1.807, 2.05) is 30.2 Å². The van der Waals surface area contributed by atoms with E-state index in [1.165, 1.54) is 36.8 Å². The fourth-order valence-electron chi connectivity index (χ4n) is 4.25. The molecule has 1 aliphatic rings. The quantitative estimate of drug-likeness (QED) is 0.457. The lowest BCUT2D eigenvalue weighted by molar-refractivity contribution is 0.454. The van der Waals surface area contributed by atoms with Gasteiger partial charge in [0.15, 0.2) is 0 Å². The highest BCUT2D eigenvalue weighted by Crippen LogP contribution is 2.30. The van der Waals surface area contributed by atoms with Crippen LogP contribution < -0.4 is 10.6 Å². The molecule has 6 heteroatoms. The molecule has 3 aromatic rings. The molecule has 2 aromatic heterocycles. The largest absolute Gasteiger partial charge is 0.324 e. The van der Waals surface area contributed by atoms with Crippen molar-refractivity contribution in [3.63, 3.8) is 0 Å². The summed E-state index contributed by atoms with van der Waals surface area (Å²) in [6, 6.07) is 7.48. The second-order valence-corrected chi connectivity index (χ2v) is 8.82. The van der Waals surface area contributed by atoms with E-state index in [2.05, 4.69) is 59.7 Å². The van der Waals surface area contributed by atoms with Gasteiger partial charge in [0.2, 0.25) is 5.95 Å². The molecule has 3 heterocycles. The molecule has 1 aromatic carbocycles.